The van der Waals surface area contributed by atoms with Crippen LogP contribution in [0.25, 0.3) is 0 Å². The van der Waals surface area contributed by atoms with E-state index in [0.717, 1.165) is 0 Å². The molecule has 0 aliphatic rings. The predicted molar refractivity (Wildman–Crippen MR) is 105 cm³/mol. The maximum atomic E-state index is 11.8. The second-order valence-corrected chi connectivity index (χ2v) is 6.60. The summed E-state index contributed by atoms with van der Waals surface area (Å²) in [5.74, 6) is -2.69. The minimum atomic E-state index is -0.994. The highest BCUT2D eigenvalue weighted by atomic mass is 16.5. The van der Waals surface area contributed by atoms with E-state index in [1.807, 2.05) is 0 Å². The summed E-state index contributed by atoms with van der Waals surface area (Å²) in [5, 5.41) is 47.5. The van der Waals surface area contributed by atoms with Crippen molar-refractivity contribution in [1.29, 1.82) is 0 Å². The number of benzene rings is 2. The van der Waals surface area contributed by atoms with Crippen LogP contribution in [0.15, 0.2) is 30.3 Å². The van der Waals surface area contributed by atoms with E-state index in [0.29, 0.717) is 24.0 Å². The molecule has 0 fully saturated rings. The summed E-state index contributed by atoms with van der Waals surface area (Å²) >= 11 is 0. The molecule has 0 radical (unpaired) electrons. The normalized spacial score (nSPS) is 10.6. The van der Waals surface area contributed by atoms with Crippen LogP contribution in [0.5, 0.6) is 28.7 Å². The van der Waals surface area contributed by atoms with Gasteiger partial charge in [0.05, 0.1) is 0 Å². The standard InChI is InChI=1S/C21H24O9/c22-8-2-1-3-20(28)30-18-11-14(4-6-15(18)23)12-29-21-16(24)9-13(10-17(21)25)5-7-19(26)27/h4,6,9-11,22-25H,1-3,5,7-8,12H2,(H,26,27). The Hall–Kier alpha value is -3.46. The molecule has 0 atom stereocenters. The van der Waals surface area contributed by atoms with E-state index >= 15 is 0 Å². The minimum absolute atomic E-state index is 0.0222. The number of aryl methyl sites for hydroxylation is 1. The number of hydrogen-bond acceptors (Lipinski definition) is 8. The summed E-state index contributed by atoms with van der Waals surface area (Å²) in [7, 11) is 0. The number of phenols is 3. The maximum absolute atomic E-state index is 11.8. The zero-order chi connectivity index (χ0) is 22.1. The third-order valence-electron chi connectivity index (χ3n) is 4.16. The van der Waals surface area contributed by atoms with Crippen molar-refractivity contribution < 1.29 is 44.6 Å². The molecule has 9 heteroatoms. The molecular formula is C21H24O9. The average molecular weight is 420 g/mol. The molecule has 0 aliphatic carbocycles. The number of aliphatic hydroxyl groups is 1. The fraction of sp³-hybridized carbons (Fsp3) is 0.333. The number of carbonyl (C=O) groups excluding carboxylic acids is 1. The maximum Gasteiger partial charge on any atom is 0.311 e. The molecule has 0 bridgehead atoms. The monoisotopic (exact) mass is 420 g/mol. The highest BCUT2D eigenvalue weighted by Gasteiger charge is 2.14. The number of ether oxygens (including phenoxy) is 2. The lowest BCUT2D eigenvalue weighted by Crippen LogP contribution is -2.08. The van der Waals surface area contributed by atoms with Crippen LogP contribution >= 0.6 is 0 Å². The average Bonchev–Trinajstić information content (AvgIpc) is 2.68. The van der Waals surface area contributed by atoms with Crippen molar-refractivity contribution in [1.82, 2.24) is 0 Å². The molecule has 0 saturated carbocycles. The summed E-state index contributed by atoms with van der Waals surface area (Å²) in [4.78, 5) is 22.4. The number of unbranched alkanes of at least 4 members (excludes halogenated alkanes) is 1. The number of carboxylic acids is 1. The van der Waals surface area contributed by atoms with Crippen LogP contribution in [-0.4, -0.2) is 44.1 Å². The Balaban J connectivity index is 2.03. The molecular weight excluding hydrogens is 396 g/mol. The molecule has 0 amide bonds. The summed E-state index contributed by atoms with van der Waals surface area (Å²) < 4.78 is 10.6. The summed E-state index contributed by atoms with van der Waals surface area (Å²) in [6.45, 7) is -0.128. The summed E-state index contributed by atoms with van der Waals surface area (Å²) in [6.07, 6.45) is 1.02. The highest BCUT2D eigenvalue weighted by Crippen LogP contribution is 2.38. The van der Waals surface area contributed by atoms with E-state index < -0.39 is 11.9 Å². The second kappa shape index (κ2) is 10.9. The highest BCUT2D eigenvalue weighted by molar-refractivity contribution is 5.73. The van der Waals surface area contributed by atoms with Gasteiger partial charge in [0.1, 0.15) is 6.61 Å². The molecule has 0 aromatic heterocycles. The third-order valence-corrected chi connectivity index (χ3v) is 4.16. The van der Waals surface area contributed by atoms with Gasteiger partial charge >= 0.3 is 11.9 Å². The van der Waals surface area contributed by atoms with Gasteiger partial charge in [-0.15, -0.1) is 0 Å². The van der Waals surface area contributed by atoms with Crippen LogP contribution in [0.4, 0.5) is 0 Å². The van der Waals surface area contributed by atoms with E-state index in [9.17, 15) is 24.9 Å². The van der Waals surface area contributed by atoms with Crippen molar-refractivity contribution in [2.45, 2.75) is 38.7 Å². The molecule has 9 nitrogen and oxygen atoms in total. The summed E-state index contributed by atoms with van der Waals surface area (Å²) in [6, 6.07) is 6.87. The molecule has 0 saturated heterocycles. The number of hydrogen-bond donors (Lipinski definition) is 5. The van der Waals surface area contributed by atoms with Crippen LogP contribution in [-0.2, 0) is 22.6 Å². The van der Waals surface area contributed by atoms with Gasteiger partial charge in [0.25, 0.3) is 0 Å². The minimum Gasteiger partial charge on any atom is -0.504 e. The molecule has 0 unspecified atom stereocenters. The Kier molecular flexibility index (Phi) is 8.30. The van der Waals surface area contributed by atoms with E-state index in [2.05, 4.69) is 0 Å². The van der Waals surface area contributed by atoms with Crippen molar-refractivity contribution in [2.75, 3.05) is 6.61 Å². The van der Waals surface area contributed by atoms with Crippen molar-refractivity contribution >= 4 is 11.9 Å². The van der Waals surface area contributed by atoms with Gasteiger partial charge in [0, 0.05) is 19.4 Å². The van der Waals surface area contributed by atoms with Crippen LogP contribution in [0.3, 0.4) is 0 Å². The number of aromatic hydroxyl groups is 3. The fourth-order valence-corrected chi connectivity index (χ4v) is 2.64. The molecule has 2 aromatic carbocycles. The first kappa shape index (κ1) is 22.8. The lowest BCUT2D eigenvalue weighted by atomic mass is 10.1. The van der Waals surface area contributed by atoms with E-state index in [1.54, 1.807) is 0 Å². The molecule has 5 N–H and O–H groups in total. The van der Waals surface area contributed by atoms with Gasteiger partial charge in [-0.2, -0.15) is 0 Å². The third kappa shape index (κ3) is 6.85. The topological polar surface area (TPSA) is 154 Å². The molecule has 0 heterocycles. The van der Waals surface area contributed by atoms with Gasteiger partial charge in [-0.05, 0) is 54.7 Å². The number of rotatable bonds is 11. The fourth-order valence-electron chi connectivity index (χ4n) is 2.64. The Morgan fingerprint density at radius 3 is 2.20 bits per heavy atom. The summed E-state index contributed by atoms with van der Waals surface area (Å²) in [5.41, 5.74) is 0.944. The molecule has 2 rings (SSSR count). The lowest BCUT2D eigenvalue weighted by molar-refractivity contribution is -0.137. The van der Waals surface area contributed by atoms with Gasteiger partial charge in [0.2, 0.25) is 5.75 Å². The number of aliphatic hydroxyl groups excluding tert-OH is 1. The zero-order valence-electron chi connectivity index (χ0n) is 16.2. The molecule has 0 aliphatic heterocycles. The number of carboxylic acid groups (broad SMARTS) is 1. The number of aliphatic carboxylic acids is 1. The Bertz CT molecular complexity index is 869. The van der Waals surface area contributed by atoms with Crippen LogP contribution < -0.4 is 9.47 Å². The quantitative estimate of drug-likeness (QED) is 0.209. The molecule has 0 spiro atoms. The Morgan fingerprint density at radius 1 is 0.867 bits per heavy atom. The molecule has 30 heavy (non-hydrogen) atoms. The predicted octanol–water partition coefficient (Wildman–Crippen LogP) is 2.47. The lowest BCUT2D eigenvalue weighted by Gasteiger charge is -2.13. The van der Waals surface area contributed by atoms with Gasteiger partial charge < -0.3 is 35.0 Å². The van der Waals surface area contributed by atoms with Crippen molar-refractivity contribution in [2.24, 2.45) is 0 Å². The first-order valence-electron chi connectivity index (χ1n) is 9.33. The number of esters is 1. The van der Waals surface area contributed by atoms with Gasteiger partial charge in [0.15, 0.2) is 23.0 Å². The molecule has 162 valence electrons. The Morgan fingerprint density at radius 2 is 1.57 bits per heavy atom. The SMILES string of the molecule is O=C(O)CCc1cc(O)c(OCc2ccc(O)c(OC(=O)CCCCO)c2)c(O)c1. The van der Waals surface area contributed by atoms with Gasteiger partial charge in [-0.1, -0.05) is 6.07 Å². The first-order valence-corrected chi connectivity index (χ1v) is 9.33. The largest absolute Gasteiger partial charge is 0.504 e. The zero-order valence-corrected chi connectivity index (χ0v) is 16.2. The van der Waals surface area contributed by atoms with Gasteiger partial charge in [-0.3, -0.25) is 9.59 Å². The van der Waals surface area contributed by atoms with E-state index in [1.165, 1.54) is 30.3 Å². The smallest absolute Gasteiger partial charge is 0.311 e. The van der Waals surface area contributed by atoms with Crippen LogP contribution in [0.2, 0.25) is 0 Å². The van der Waals surface area contributed by atoms with Crippen LogP contribution in [0, 0.1) is 0 Å². The van der Waals surface area contributed by atoms with Crippen molar-refractivity contribution in [3.8, 4) is 28.7 Å². The van der Waals surface area contributed by atoms with Gasteiger partial charge in [-0.25, -0.2) is 0 Å². The first-order chi connectivity index (χ1) is 14.3. The van der Waals surface area contributed by atoms with E-state index in [4.69, 9.17) is 19.7 Å². The second-order valence-electron chi connectivity index (χ2n) is 6.60. The van der Waals surface area contributed by atoms with Crippen molar-refractivity contribution in [3.05, 3.63) is 41.5 Å². The Labute approximate surface area is 172 Å². The number of phenolic OH excluding ortho intramolecular Hbond substituents is 3. The van der Waals surface area contributed by atoms with E-state index in [-0.39, 0.29) is 61.2 Å². The molecule has 2 aromatic rings. The van der Waals surface area contributed by atoms with Crippen LogP contribution in [0.1, 0.15) is 36.8 Å². The number of carbonyl (C=O) groups is 2. The van der Waals surface area contributed by atoms with Crippen molar-refractivity contribution in [3.63, 3.8) is 0 Å².